The lowest BCUT2D eigenvalue weighted by molar-refractivity contribution is 0.202. The van der Waals surface area contributed by atoms with E-state index >= 15 is 0 Å². The van der Waals surface area contributed by atoms with E-state index in [-0.39, 0.29) is 6.10 Å². The van der Waals surface area contributed by atoms with Crippen LogP contribution < -0.4 is 9.64 Å². The van der Waals surface area contributed by atoms with Crippen molar-refractivity contribution in [2.45, 2.75) is 39.7 Å². The second-order valence-corrected chi connectivity index (χ2v) is 5.52. The Morgan fingerprint density at radius 2 is 1.59 bits per heavy atom. The van der Waals surface area contributed by atoms with Crippen LogP contribution in [0.15, 0.2) is 54.6 Å². The molecular weight excluding hydrogens is 270 g/mol. The van der Waals surface area contributed by atoms with Crippen molar-refractivity contribution in [2.24, 2.45) is 0 Å². The van der Waals surface area contributed by atoms with Crippen molar-refractivity contribution in [3.8, 4) is 5.75 Å². The molecule has 0 saturated heterocycles. The Morgan fingerprint density at radius 3 is 2.14 bits per heavy atom. The number of anilines is 1. The molecule has 2 aromatic rings. The molecule has 0 fully saturated rings. The van der Waals surface area contributed by atoms with Gasteiger partial charge in [-0.3, -0.25) is 0 Å². The predicted molar refractivity (Wildman–Crippen MR) is 94.9 cm³/mol. The van der Waals surface area contributed by atoms with Gasteiger partial charge in [0.1, 0.15) is 11.9 Å². The van der Waals surface area contributed by atoms with Gasteiger partial charge in [0.05, 0.1) is 6.54 Å². The van der Waals surface area contributed by atoms with Gasteiger partial charge in [-0.1, -0.05) is 44.2 Å². The summed E-state index contributed by atoms with van der Waals surface area (Å²) in [6, 6.07) is 19.0. The van der Waals surface area contributed by atoms with Crippen LogP contribution in [0.1, 0.15) is 32.8 Å². The summed E-state index contributed by atoms with van der Waals surface area (Å²) < 4.78 is 6.18. The Bertz CT molecular complexity index is 535. The molecule has 0 saturated carbocycles. The van der Waals surface area contributed by atoms with Crippen LogP contribution in [-0.4, -0.2) is 19.2 Å². The molecule has 2 aromatic carbocycles. The number of para-hydroxylation sites is 1. The molecule has 0 aliphatic heterocycles. The second kappa shape index (κ2) is 8.47. The minimum Gasteiger partial charge on any atom is -0.489 e. The maximum Gasteiger partial charge on any atom is 0.119 e. The molecule has 0 aromatic heterocycles. The molecular formula is C20H27NO. The lowest BCUT2D eigenvalue weighted by atomic mass is 10.1. The van der Waals surface area contributed by atoms with Crippen molar-refractivity contribution >= 4 is 5.69 Å². The molecule has 118 valence electrons. The fraction of sp³-hybridized carbons (Fsp3) is 0.400. The normalized spacial score (nSPS) is 12.0. The highest BCUT2D eigenvalue weighted by molar-refractivity contribution is 5.46. The molecule has 1 unspecified atom stereocenters. The summed E-state index contributed by atoms with van der Waals surface area (Å²) in [5, 5.41) is 0. The zero-order valence-corrected chi connectivity index (χ0v) is 14.0. The van der Waals surface area contributed by atoms with Crippen molar-refractivity contribution < 1.29 is 4.74 Å². The van der Waals surface area contributed by atoms with E-state index in [1.807, 2.05) is 0 Å². The van der Waals surface area contributed by atoms with Crippen molar-refractivity contribution in [2.75, 3.05) is 18.0 Å². The number of rotatable bonds is 8. The van der Waals surface area contributed by atoms with Crippen LogP contribution >= 0.6 is 0 Å². The van der Waals surface area contributed by atoms with Gasteiger partial charge in [-0.25, -0.2) is 0 Å². The molecule has 0 radical (unpaired) electrons. The monoisotopic (exact) mass is 297 g/mol. The molecule has 0 aliphatic carbocycles. The predicted octanol–water partition coefficient (Wildman–Crippen LogP) is 4.93. The highest BCUT2D eigenvalue weighted by Crippen LogP contribution is 2.18. The second-order valence-electron chi connectivity index (χ2n) is 5.52. The van der Waals surface area contributed by atoms with E-state index in [9.17, 15) is 0 Å². The van der Waals surface area contributed by atoms with Gasteiger partial charge in [-0.15, -0.1) is 0 Å². The molecule has 0 aliphatic rings. The number of likely N-dealkylation sites (N-methyl/N-ethyl adjacent to an activating group) is 1. The van der Waals surface area contributed by atoms with Gasteiger partial charge in [0.2, 0.25) is 0 Å². The van der Waals surface area contributed by atoms with E-state index in [0.717, 1.165) is 31.7 Å². The fourth-order valence-corrected chi connectivity index (χ4v) is 2.55. The Kier molecular flexibility index (Phi) is 6.32. The minimum absolute atomic E-state index is 0.202. The SMILES string of the molecule is CCc1ccc(OC(CC)CN(CC)c2ccccc2)cc1. The zero-order chi connectivity index (χ0) is 15.8. The fourth-order valence-electron chi connectivity index (χ4n) is 2.55. The van der Waals surface area contributed by atoms with Crippen LogP contribution in [0.25, 0.3) is 0 Å². The highest BCUT2D eigenvalue weighted by atomic mass is 16.5. The van der Waals surface area contributed by atoms with Crippen molar-refractivity contribution in [3.05, 3.63) is 60.2 Å². The summed E-state index contributed by atoms with van der Waals surface area (Å²) >= 11 is 0. The smallest absolute Gasteiger partial charge is 0.119 e. The first-order chi connectivity index (χ1) is 10.8. The third kappa shape index (κ3) is 4.52. The zero-order valence-electron chi connectivity index (χ0n) is 14.0. The molecule has 0 amide bonds. The molecule has 2 rings (SSSR count). The van der Waals surface area contributed by atoms with Crippen LogP contribution in [-0.2, 0) is 6.42 Å². The quantitative estimate of drug-likeness (QED) is 0.685. The van der Waals surface area contributed by atoms with Crippen LogP contribution in [0, 0.1) is 0 Å². The maximum absolute atomic E-state index is 6.18. The van der Waals surface area contributed by atoms with E-state index in [4.69, 9.17) is 4.74 Å². The average Bonchev–Trinajstić information content (AvgIpc) is 2.60. The van der Waals surface area contributed by atoms with Gasteiger partial charge in [0.15, 0.2) is 0 Å². The average molecular weight is 297 g/mol. The van der Waals surface area contributed by atoms with Crippen molar-refractivity contribution in [3.63, 3.8) is 0 Å². The van der Waals surface area contributed by atoms with Crippen LogP contribution in [0.2, 0.25) is 0 Å². The number of hydrogen-bond donors (Lipinski definition) is 0. The van der Waals surface area contributed by atoms with Gasteiger partial charge in [0.25, 0.3) is 0 Å². The van der Waals surface area contributed by atoms with Crippen LogP contribution in [0.3, 0.4) is 0 Å². The molecule has 2 nitrogen and oxygen atoms in total. The first kappa shape index (κ1) is 16.4. The minimum atomic E-state index is 0.202. The molecule has 0 bridgehead atoms. The van der Waals surface area contributed by atoms with E-state index in [2.05, 4.69) is 80.3 Å². The Balaban J connectivity index is 2.01. The third-order valence-corrected chi connectivity index (χ3v) is 4.02. The number of hydrogen-bond acceptors (Lipinski definition) is 2. The molecule has 0 spiro atoms. The van der Waals surface area contributed by atoms with Gasteiger partial charge < -0.3 is 9.64 Å². The summed E-state index contributed by atoms with van der Waals surface area (Å²) in [5.74, 6) is 0.966. The summed E-state index contributed by atoms with van der Waals surface area (Å²) in [6.45, 7) is 8.44. The molecule has 0 N–H and O–H groups in total. The number of benzene rings is 2. The van der Waals surface area contributed by atoms with E-state index in [1.54, 1.807) is 0 Å². The summed E-state index contributed by atoms with van der Waals surface area (Å²) in [4.78, 5) is 2.37. The van der Waals surface area contributed by atoms with E-state index < -0.39 is 0 Å². The van der Waals surface area contributed by atoms with E-state index in [1.165, 1.54) is 11.3 Å². The number of aryl methyl sites for hydroxylation is 1. The Labute approximate surface area is 134 Å². The van der Waals surface area contributed by atoms with Gasteiger partial charge in [-0.05, 0) is 49.6 Å². The topological polar surface area (TPSA) is 12.5 Å². The third-order valence-electron chi connectivity index (χ3n) is 4.02. The summed E-state index contributed by atoms with van der Waals surface area (Å²) in [6.07, 6.45) is 2.26. The van der Waals surface area contributed by atoms with Crippen LogP contribution in [0.5, 0.6) is 5.75 Å². The van der Waals surface area contributed by atoms with Crippen molar-refractivity contribution in [1.29, 1.82) is 0 Å². The Morgan fingerprint density at radius 1 is 0.909 bits per heavy atom. The summed E-state index contributed by atoms with van der Waals surface area (Å²) in [7, 11) is 0. The van der Waals surface area contributed by atoms with Gasteiger partial charge >= 0.3 is 0 Å². The largest absolute Gasteiger partial charge is 0.489 e. The van der Waals surface area contributed by atoms with Gasteiger partial charge in [0, 0.05) is 12.2 Å². The molecule has 2 heteroatoms. The van der Waals surface area contributed by atoms with E-state index in [0.29, 0.717) is 0 Å². The standard InChI is InChI=1S/C20H27NO/c1-4-17-12-14-20(15-13-17)22-19(5-2)16-21(6-3)18-10-8-7-9-11-18/h7-15,19H,4-6,16H2,1-3H3. The van der Waals surface area contributed by atoms with Crippen molar-refractivity contribution in [1.82, 2.24) is 0 Å². The number of ether oxygens (including phenoxy) is 1. The first-order valence-electron chi connectivity index (χ1n) is 8.32. The maximum atomic E-state index is 6.18. The molecule has 0 heterocycles. The lowest BCUT2D eigenvalue weighted by Gasteiger charge is -2.28. The summed E-state index contributed by atoms with van der Waals surface area (Å²) in [5.41, 5.74) is 2.60. The lowest BCUT2D eigenvalue weighted by Crippen LogP contribution is -2.35. The Hall–Kier alpha value is -1.96. The highest BCUT2D eigenvalue weighted by Gasteiger charge is 2.13. The molecule has 1 atom stereocenters. The first-order valence-corrected chi connectivity index (χ1v) is 8.32. The van der Waals surface area contributed by atoms with Crippen LogP contribution in [0.4, 0.5) is 5.69 Å². The van der Waals surface area contributed by atoms with Gasteiger partial charge in [-0.2, -0.15) is 0 Å². The molecule has 22 heavy (non-hydrogen) atoms. The number of nitrogens with zero attached hydrogens (tertiary/aromatic N) is 1.